The zero-order chi connectivity index (χ0) is 19.0. The van der Waals surface area contributed by atoms with Crippen molar-refractivity contribution in [2.75, 3.05) is 4.31 Å². The highest BCUT2D eigenvalue weighted by Crippen LogP contribution is 2.36. The summed E-state index contributed by atoms with van der Waals surface area (Å²) in [6.07, 6.45) is -4.86. The number of hydrogen-bond donors (Lipinski definition) is 2. The summed E-state index contributed by atoms with van der Waals surface area (Å²) in [4.78, 5) is 11.3. The van der Waals surface area contributed by atoms with Crippen LogP contribution in [0.4, 0.5) is 28.9 Å². The maximum atomic E-state index is 13.0. The van der Waals surface area contributed by atoms with Gasteiger partial charge in [0.15, 0.2) is 0 Å². The summed E-state index contributed by atoms with van der Waals surface area (Å²) in [5.41, 5.74) is -3.44. The third kappa shape index (κ3) is 4.06. The van der Waals surface area contributed by atoms with Gasteiger partial charge in [0.05, 0.1) is 22.5 Å². The van der Waals surface area contributed by atoms with Crippen molar-refractivity contribution in [1.29, 1.82) is 0 Å². The summed E-state index contributed by atoms with van der Waals surface area (Å²) in [7, 11) is -5.12. The van der Waals surface area contributed by atoms with Gasteiger partial charge in [0, 0.05) is 0 Å². The van der Waals surface area contributed by atoms with Gasteiger partial charge in [-0.25, -0.2) is 13.5 Å². The zero-order valence-electron chi connectivity index (χ0n) is 12.0. The molecule has 0 amide bonds. The first-order valence-electron chi connectivity index (χ1n) is 6.39. The van der Waals surface area contributed by atoms with Gasteiger partial charge in [-0.1, -0.05) is 0 Å². The molecule has 0 aliphatic heterocycles. The van der Waals surface area contributed by atoms with Crippen molar-refractivity contribution in [1.82, 2.24) is 0 Å². The average Bonchev–Trinajstić information content (AvgIpc) is 2.47. The van der Waals surface area contributed by atoms with E-state index in [1.165, 1.54) is 0 Å². The molecule has 0 radical (unpaired) electrons. The summed E-state index contributed by atoms with van der Waals surface area (Å²) in [5.74, 6) is -2.60. The number of benzene rings is 2. The highest BCUT2D eigenvalue weighted by atomic mass is 32.2. The highest BCUT2D eigenvalue weighted by molar-refractivity contribution is 7.87. The molecule has 0 bridgehead atoms. The molecule has 2 aromatic carbocycles. The predicted octanol–water partition coefficient (Wildman–Crippen LogP) is 3.48. The van der Waals surface area contributed by atoms with Gasteiger partial charge >= 0.3 is 22.4 Å². The topological polar surface area (TPSA) is 94.9 Å². The molecule has 0 saturated carbocycles. The number of anilines is 2. The summed E-state index contributed by atoms with van der Waals surface area (Å²) >= 11 is 0. The van der Waals surface area contributed by atoms with E-state index >= 15 is 0 Å². The zero-order valence-corrected chi connectivity index (χ0v) is 12.8. The van der Waals surface area contributed by atoms with Gasteiger partial charge < -0.3 is 5.11 Å². The van der Waals surface area contributed by atoms with E-state index in [0.717, 1.165) is 24.3 Å². The van der Waals surface area contributed by atoms with Crippen LogP contribution in [-0.2, 0) is 16.5 Å². The smallest absolute Gasteiger partial charge is 0.416 e. The Morgan fingerprint density at radius 3 is 2.04 bits per heavy atom. The van der Waals surface area contributed by atoms with Crippen LogP contribution in [0, 0.1) is 5.82 Å². The molecule has 134 valence electrons. The van der Waals surface area contributed by atoms with Gasteiger partial charge in [-0.3, -0.25) is 4.55 Å². The molecule has 11 heteroatoms. The SMILES string of the molecule is O=C(O)c1cc(C(F)(F)F)ccc1N(c1ccc(F)cc1)S(=O)(=O)O. The molecule has 0 spiro atoms. The van der Waals surface area contributed by atoms with Gasteiger partial charge in [-0.05, 0) is 42.5 Å². The standard InChI is InChI=1S/C14H9F4NO5S/c15-9-2-4-10(5-3-9)19(25(22,23)24)12-6-1-8(14(16,17)18)7-11(12)13(20)21/h1-7H,(H,20,21)(H,22,23,24). The van der Waals surface area contributed by atoms with Crippen LogP contribution in [-0.4, -0.2) is 24.0 Å². The molecule has 0 saturated heterocycles. The van der Waals surface area contributed by atoms with Crippen LogP contribution in [0.5, 0.6) is 0 Å². The first-order chi connectivity index (χ1) is 11.4. The summed E-state index contributed by atoms with van der Waals surface area (Å²) in [6.45, 7) is 0. The molecule has 0 atom stereocenters. The summed E-state index contributed by atoms with van der Waals surface area (Å²) in [6, 6.07) is 4.77. The van der Waals surface area contributed by atoms with Gasteiger partial charge in [0.25, 0.3) is 0 Å². The van der Waals surface area contributed by atoms with E-state index in [0.29, 0.717) is 12.1 Å². The molecule has 0 aliphatic carbocycles. The van der Waals surface area contributed by atoms with Crippen LogP contribution in [0.25, 0.3) is 0 Å². The monoisotopic (exact) mass is 379 g/mol. The fraction of sp³-hybridized carbons (Fsp3) is 0.0714. The molecule has 25 heavy (non-hydrogen) atoms. The Kier molecular flexibility index (Phi) is 4.73. The number of nitrogens with zero attached hydrogens (tertiary/aromatic N) is 1. The van der Waals surface area contributed by atoms with E-state index in [1.54, 1.807) is 0 Å². The highest BCUT2D eigenvalue weighted by Gasteiger charge is 2.34. The Labute approximate surface area is 138 Å². The lowest BCUT2D eigenvalue weighted by Crippen LogP contribution is -2.27. The third-order valence-electron chi connectivity index (χ3n) is 3.06. The number of hydrogen-bond acceptors (Lipinski definition) is 3. The average molecular weight is 379 g/mol. The van der Waals surface area contributed by atoms with Crippen molar-refractivity contribution in [3.8, 4) is 0 Å². The largest absolute Gasteiger partial charge is 0.478 e. The fourth-order valence-electron chi connectivity index (χ4n) is 2.03. The first-order valence-corrected chi connectivity index (χ1v) is 7.79. The second-order valence-corrected chi connectivity index (χ2v) is 6.01. The molecule has 0 fully saturated rings. The lowest BCUT2D eigenvalue weighted by molar-refractivity contribution is -0.137. The molecular formula is C14H9F4NO5S. The number of alkyl halides is 3. The first kappa shape index (κ1) is 18.7. The van der Waals surface area contributed by atoms with Crippen molar-refractivity contribution in [3.63, 3.8) is 0 Å². The molecule has 0 aliphatic rings. The van der Waals surface area contributed by atoms with E-state index < -0.39 is 45.1 Å². The second kappa shape index (κ2) is 6.33. The number of halogens is 4. The van der Waals surface area contributed by atoms with Crippen LogP contribution in [0.1, 0.15) is 15.9 Å². The normalized spacial score (nSPS) is 12.0. The number of rotatable bonds is 4. The predicted molar refractivity (Wildman–Crippen MR) is 78.5 cm³/mol. The lowest BCUT2D eigenvalue weighted by atomic mass is 10.1. The minimum absolute atomic E-state index is 0.0933. The molecule has 6 nitrogen and oxygen atoms in total. The van der Waals surface area contributed by atoms with E-state index in [1.807, 2.05) is 0 Å². The molecule has 0 unspecified atom stereocenters. The second-order valence-electron chi connectivity index (χ2n) is 4.75. The van der Waals surface area contributed by atoms with Gasteiger partial charge in [-0.2, -0.15) is 21.6 Å². The van der Waals surface area contributed by atoms with Crippen LogP contribution in [0.2, 0.25) is 0 Å². The fourth-order valence-corrected chi connectivity index (χ4v) is 2.83. The minimum atomic E-state index is -5.12. The molecule has 0 heterocycles. The van der Waals surface area contributed by atoms with Crippen molar-refractivity contribution in [2.45, 2.75) is 6.18 Å². The van der Waals surface area contributed by atoms with Gasteiger partial charge in [0.2, 0.25) is 0 Å². The Morgan fingerprint density at radius 2 is 1.60 bits per heavy atom. The Morgan fingerprint density at radius 1 is 1.04 bits per heavy atom. The molecule has 2 aromatic rings. The Bertz CT molecular complexity index is 910. The maximum absolute atomic E-state index is 13.0. The van der Waals surface area contributed by atoms with E-state index in [4.69, 9.17) is 5.11 Å². The van der Waals surface area contributed by atoms with Gasteiger partial charge in [-0.15, -0.1) is 0 Å². The number of carboxylic acids is 1. The maximum Gasteiger partial charge on any atom is 0.416 e. The van der Waals surface area contributed by atoms with Crippen LogP contribution >= 0.6 is 0 Å². The molecule has 2 rings (SSSR count). The molecule has 0 aromatic heterocycles. The van der Waals surface area contributed by atoms with Crippen molar-refractivity contribution in [2.24, 2.45) is 0 Å². The van der Waals surface area contributed by atoms with Gasteiger partial charge in [0.1, 0.15) is 5.82 Å². The minimum Gasteiger partial charge on any atom is -0.478 e. The summed E-state index contributed by atoms with van der Waals surface area (Å²) < 4.78 is 84.0. The number of carbonyl (C=O) groups is 1. The molecular weight excluding hydrogens is 370 g/mol. The van der Waals surface area contributed by atoms with Crippen LogP contribution in [0.15, 0.2) is 42.5 Å². The Balaban J connectivity index is 2.74. The van der Waals surface area contributed by atoms with Crippen LogP contribution < -0.4 is 4.31 Å². The summed E-state index contributed by atoms with van der Waals surface area (Å²) in [5, 5.41) is 9.13. The van der Waals surface area contributed by atoms with E-state index in [-0.39, 0.29) is 16.1 Å². The quantitative estimate of drug-likeness (QED) is 0.626. The number of aromatic carboxylic acids is 1. The van der Waals surface area contributed by atoms with E-state index in [2.05, 4.69) is 0 Å². The van der Waals surface area contributed by atoms with Crippen molar-refractivity contribution < 1.29 is 40.4 Å². The Hall–Kier alpha value is -2.66. The molecule has 2 N–H and O–H groups in total. The third-order valence-corrected chi connectivity index (χ3v) is 3.93. The lowest BCUT2D eigenvalue weighted by Gasteiger charge is -2.23. The van der Waals surface area contributed by atoms with Crippen LogP contribution in [0.3, 0.4) is 0 Å². The number of carboxylic acid groups (broad SMARTS) is 1. The van der Waals surface area contributed by atoms with Crippen molar-refractivity contribution in [3.05, 3.63) is 59.4 Å². The van der Waals surface area contributed by atoms with E-state index in [9.17, 15) is 35.3 Å². The van der Waals surface area contributed by atoms with Crippen molar-refractivity contribution >= 4 is 27.6 Å².